The summed E-state index contributed by atoms with van der Waals surface area (Å²) in [5.41, 5.74) is 2.47. The van der Waals surface area contributed by atoms with Crippen LogP contribution in [0, 0.1) is 0 Å². The third-order valence-corrected chi connectivity index (χ3v) is 6.71. The Balaban J connectivity index is 1.53. The molecule has 0 aliphatic heterocycles. The van der Waals surface area contributed by atoms with Crippen molar-refractivity contribution in [2.24, 2.45) is 0 Å². The van der Waals surface area contributed by atoms with Crippen LogP contribution in [0.25, 0.3) is 10.9 Å². The molecule has 4 rings (SSSR count). The molecule has 1 N–H and O–H groups in total. The topological polar surface area (TPSA) is 51.5 Å². The van der Waals surface area contributed by atoms with Gasteiger partial charge < -0.3 is 14.4 Å². The first-order chi connectivity index (χ1) is 16.3. The number of carboxylic acids is 1. The number of benzene rings is 2. The summed E-state index contributed by atoms with van der Waals surface area (Å²) < 4.78 is 49.3. The number of halogens is 3. The third-order valence-electron chi connectivity index (χ3n) is 6.71. The number of alkyl halides is 3. The lowest BCUT2D eigenvalue weighted by molar-refractivity contribution is -0.138. The Morgan fingerprint density at radius 1 is 1.15 bits per heavy atom. The Kier molecular flexibility index (Phi) is 7.19. The number of carboxylic acid groups (broad SMARTS) is 1. The summed E-state index contributed by atoms with van der Waals surface area (Å²) in [6.07, 6.45) is 2.56. The van der Waals surface area contributed by atoms with Gasteiger partial charge in [-0.25, -0.2) is 0 Å². The van der Waals surface area contributed by atoms with Crippen molar-refractivity contribution >= 4 is 16.9 Å². The molecule has 1 saturated carbocycles. The molecule has 7 heteroatoms. The molecule has 0 atom stereocenters. The predicted octanol–water partition coefficient (Wildman–Crippen LogP) is 7.32. The van der Waals surface area contributed by atoms with Crippen molar-refractivity contribution in [1.29, 1.82) is 0 Å². The zero-order valence-corrected chi connectivity index (χ0v) is 19.3. The summed E-state index contributed by atoms with van der Waals surface area (Å²) in [5, 5.41) is 9.86. The maximum absolute atomic E-state index is 13.8. The molecule has 1 fully saturated rings. The molecule has 1 aromatic heterocycles. The molecule has 1 heterocycles. The molecule has 0 saturated heterocycles. The van der Waals surface area contributed by atoms with Gasteiger partial charge in [-0.1, -0.05) is 31.9 Å². The summed E-state index contributed by atoms with van der Waals surface area (Å²) in [5.74, 6) is -0.213. The van der Waals surface area contributed by atoms with E-state index in [2.05, 4.69) is 4.57 Å². The van der Waals surface area contributed by atoms with E-state index >= 15 is 0 Å². The average molecular weight is 474 g/mol. The number of nitrogens with zero attached hydrogens (tertiary/aromatic N) is 1. The van der Waals surface area contributed by atoms with Gasteiger partial charge in [-0.15, -0.1) is 0 Å². The first-order valence-electron chi connectivity index (χ1n) is 11.9. The zero-order chi connectivity index (χ0) is 24.3. The summed E-state index contributed by atoms with van der Waals surface area (Å²) in [6, 6.07) is 10.4. The maximum Gasteiger partial charge on any atom is 0.416 e. The highest BCUT2D eigenvalue weighted by Gasteiger charge is 2.36. The van der Waals surface area contributed by atoms with E-state index in [1.165, 1.54) is 6.07 Å². The summed E-state index contributed by atoms with van der Waals surface area (Å²) in [4.78, 5) is 10.8. The predicted molar refractivity (Wildman–Crippen MR) is 125 cm³/mol. The molecule has 0 radical (unpaired) electrons. The number of hydrogen-bond acceptors (Lipinski definition) is 2. The van der Waals surface area contributed by atoms with Crippen LogP contribution in [-0.2, 0) is 30.5 Å². The number of rotatable bonds is 9. The molecule has 0 unspecified atom stereocenters. The van der Waals surface area contributed by atoms with E-state index in [1.54, 1.807) is 12.1 Å². The zero-order valence-electron chi connectivity index (χ0n) is 19.3. The molecular weight excluding hydrogens is 443 g/mol. The molecule has 182 valence electrons. The van der Waals surface area contributed by atoms with Crippen LogP contribution in [0.5, 0.6) is 5.75 Å². The normalized spacial score (nSPS) is 14.7. The molecule has 0 spiro atoms. The summed E-state index contributed by atoms with van der Waals surface area (Å²) in [7, 11) is 0. The monoisotopic (exact) mass is 473 g/mol. The second kappa shape index (κ2) is 10.1. The van der Waals surface area contributed by atoms with Crippen molar-refractivity contribution in [3.05, 3.63) is 64.8 Å². The molecule has 4 nitrogen and oxygen atoms in total. The molecule has 1 aliphatic carbocycles. The van der Waals surface area contributed by atoms with E-state index < -0.39 is 17.7 Å². The summed E-state index contributed by atoms with van der Waals surface area (Å²) in [6.45, 7) is 2.70. The van der Waals surface area contributed by atoms with E-state index in [0.29, 0.717) is 29.8 Å². The number of aromatic nitrogens is 1. The highest BCUT2D eigenvalue weighted by atomic mass is 19.4. The van der Waals surface area contributed by atoms with Crippen LogP contribution in [-0.4, -0.2) is 15.6 Å². The van der Waals surface area contributed by atoms with Gasteiger partial charge in [0.1, 0.15) is 12.4 Å². The smallest absolute Gasteiger partial charge is 0.416 e. The van der Waals surface area contributed by atoms with Crippen molar-refractivity contribution in [1.82, 2.24) is 4.57 Å². The number of ether oxygens (including phenoxy) is 1. The number of aryl methyl sites for hydroxylation is 2. The van der Waals surface area contributed by atoms with Crippen LogP contribution >= 0.6 is 0 Å². The van der Waals surface area contributed by atoms with E-state index in [0.717, 1.165) is 48.6 Å². The highest BCUT2D eigenvalue weighted by Crippen LogP contribution is 2.42. The molecule has 0 amide bonds. The van der Waals surface area contributed by atoms with Crippen LogP contribution in [0.1, 0.15) is 73.6 Å². The fraction of sp³-hybridized carbons (Fsp3) is 0.444. The lowest BCUT2D eigenvalue weighted by Gasteiger charge is -2.19. The first-order valence-corrected chi connectivity index (χ1v) is 11.9. The molecule has 0 bridgehead atoms. The second-order valence-electron chi connectivity index (χ2n) is 9.07. The third kappa shape index (κ3) is 5.40. The standard InChI is InChI=1S/C27H30F3NO3/c1-2-19-15-22(16-21-11-13-31(26(19)21)12-5-8-25(32)33)34-17-18-9-10-23(20-6-3-4-7-20)24(14-18)27(28,29)30/h9-11,13-16,20H,2-8,12,17H2,1H3,(H,32,33). The minimum atomic E-state index is -4.38. The lowest BCUT2D eigenvalue weighted by atomic mass is 9.91. The van der Waals surface area contributed by atoms with E-state index in [1.807, 2.05) is 31.3 Å². The Hall–Kier alpha value is -2.96. The number of aliphatic carboxylic acids is 1. The van der Waals surface area contributed by atoms with Gasteiger partial charge in [0.2, 0.25) is 0 Å². The number of carbonyl (C=O) groups is 1. The Labute approximate surface area is 197 Å². The van der Waals surface area contributed by atoms with Crippen LogP contribution < -0.4 is 4.74 Å². The fourth-order valence-electron chi connectivity index (χ4n) is 5.05. The Bertz CT molecular complexity index is 1160. The molecule has 1 aliphatic rings. The molecule has 34 heavy (non-hydrogen) atoms. The lowest BCUT2D eigenvalue weighted by Crippen LogP contribution is -2.12. The minimum Gasteiger partial charge on any atom is -0.489 e. The van der Waals surface area contributed by atoms with Crippen LogP contribution in [0.15, 0.2) is 42.6 Å². The van der Waals surface area contributed by atoms with Gasteiger partial charge in [0.25, 0.3) is 0 Å². The van der Waals surface area contributed by atoms with Gasteiger partial charge in [0.15, 0.2) is 0 Å². The van der Waals surface area contributed by atoms with Crippen LogP contribution in [0.4, 0.5) is 13.2 Å². The van der Waals surface area contributed by atoms with E-state index in [9.17, 15) is 18.0 Å². The van der Waals surface area contributed by atoms with Crippen LogP contribution in [0.2, 0.25) is 0 Å². The number of fused-ring (bicyclic) bond motifs is 1. The molecule has 3 aromatic rings. The van der Waals surface area contributed by atoms with Crippen molar-refractivity contribution in [2.45, 2.75) is 77.1 Å². The van der Waals surface area contributed by atoms with Crippen LogP contribution in [0.3, 0.4) is 0 Å². The minimum absolute atomic E-state index is 0.0133. The van der Waals surface area contributed by atoms with E-state index in [-0.39, 0.29) is 18.9 Å². The molecule has 2 aromatic carbocycles. The van der Waals surface area contributed by atoms with Crippen molar-refractivity contribution in [3.63, 3.8) is 0 Å². The van der Waals surface area contributed by atoms with Gasteiger partial charge in [0.05, 0.1) is 11.1 Å². The van der Waals surface area contributed by atoms with Crippen molar-refractivity contribution < 1.29 is 27.8 Å². The highest BCUT2D eigenvalue weighted by molar-refractivity contribution is 5.85. The quantitative estimate of drug-likeness (QED) is 0.354. The Morgan fingerprint density at radius 2 is 1.91 bits per heavy atom. The first kappa shape index (κ1) is 24.2. The van der Waals surface area contributed by atoms with Gasteiger partial charge in [-0.3, -0.25) is 4.79 Å². The second-order valence-corrected chi connectivity index (χ2v) is 9.07. The molecular formula is C27H30F3NO3. The average Bonchev–Trinajstić information content (AvgIpc) is 3.47. The number of hydrogen-bond donors (Lipinski definition) is 1. The Morgan fingerprint density at radius 3 is 2.59 bits per heavy atom. The SMILES string of the molecule is CCc1cc(OCc2ccc(C3CCCC3)c(C(F)(F)F)c2)cc2ccn(CCCC(=O)O)c12. The van der Waals surface area contributed by atoms with Crippen molar-refractivity contribution in [3.8, 4) is 5.75 Å². The summed E-state index contributed by atoms with van der Waals surface area (Å²) >= 11 is 0. The van der Waals surface area contributed by atoms with Gasteiger partial charge in [-0.05, 0) is 72.6 Å². The van der Waals surface area contributed by atoms with Gasteiger partial charge in [-0.2, -0.15) is 13.2 Å². The fourth-order valence-corrected chi connectivity index (χ4v) is 5.05. The van der Waals surface area contributed by atoms with Gasteiger partial charge >= 0.3 is 12.1 Å². The largest absolute Gasteiger partial charge is 0.489 e. The van der Waals surface area contributed by atoms with Gasteiger partial charge in [0, 0.05) is 24.5 Å². The van der Waals surface area contributed by atoms with Crippen molar-refractivity contribution in [2.75, 3.05) is 0 Å². The maximum atomic E-state index is 13.8. The van der Waals surface area contributed by atoms with E-state index in [4.69, 9.17) is 9.84 Å².